The van der Waals surface area contributed by atoms with E-state index in [0.29, 0.717) is 14.4 Å². The van der Waals surface area contributed by atoms with Crippen molar-refractivity contribution < 1.29 is 221 Å². The average Bonchev–Trinajstić information content (AvgIpc) is 3.26. The van der Waals surface area contributed by atoms with Crippen LogP contribution in [-0.4, -0.2) is 112 Å². The highest BCUT2D eigenvalue weighted by Crippen LogP contribution is 2.56. The minimum absolute atomic E-state index is 0.179. The molecule has 0 aromatic heterocycles. The fourth-order valence-corrected chi connectivity index (χ4v) is 3.06. The van der Waals surface area contributed by atoms with Gasteiger partial charge in [-0.3, -0.25) is 8.78 Å². The lowest BCUT2D eigenvalue weighted by atomic mass is 10.0. The quantitative estimate of drug-likeness (QED) is 0.107. The summed E-state index contributed by atoms with van der Waals surface area (Å²) in [7, 11) is 1.00. The van der Waals surface area contributed by atoms with Gasteiger partial charge in [-0.15, -0.1) is 0 Å². The van der Waals surface area contributed by atoms with Crippen LogP contribution in [0.1, 0.15) is 33.1 Å². The summed E-state index contributed by atoms with van der Waals surface area (Å²) in [4.78, 5) is 0. The van der Waals surface area contributed by atoms with Crippen LogP contribution in [-0.2, 0) is 18.9 Å². The van der Waals surface area contributed by atoms with E-state index in [2.05, 4.69) is 9.47 Å². The van der Waals surface area contributed by atoms with Gasteiger partial charge in [0.15, 0.2) is 6.67 Å². The summed E-state index contributed by atoms with van der Waals surface area (Å²) in [5, 5.41) is 0. The summed E-state index contributed by atoms with van der Waals surface area (Å²) in [6, 6.07) is 0. The van der Waals surface area contributed by atoms with Crippen molar-refractivity contribution in [2.24, 2.45) is 0 Å². The lowest BCUT2D eigenvalue weighted by Crippen LogP contribution is -2.63. The van der Waals surface area contributed by atoms with Crippen molar-refractivity contribution in [2.45, 2.75) is 124 Å². The maximum absolute atomic E-state index is 13.1. The summed E-state index contributed by atoms with van der Waals surface area (Å²) in [5.74, 6) is -41.1. The number of rotatable bonds is 21. The molecule has 0 aliphatic heterocycles. The highest BCUT2D eigenvalue weighted by atomic mass is 19.4. The molecule has 490 valence electrons. The molecule has 81 heavy (non-hydrogen) atoms. The monoisotopic (exact) mass is 1330 g/mol. The van der Waals surface area contributed by atoms with Gasteiger partial charge in [0.1, 0.15) is 6.42 Å². The van der Waals surface area contributed by atoms with Gasteiger partial charge in [-0.05, 0) is 6.42 Å². The van der Waals surface area contributed by atoms with Crippen molar-refractivity contribution in [3.8, 4) is 0 Å². The standard InChI is InChI=1S/C9H5F13O.C8H5F11O.2C6H2F10O.2CH3F/c1-2-5(13,14)7(17,18)8(19,20)9(21,22)23-6(15,16)3(10)4(11)12;1-2-5(12,7(15,16)17)8(18,19)20-6(13,14)3(9)4(10)11;7-1-4(11,12)6(15,16)17-5(13,14)2(8)3(9)10;7-2(3(8)9)6(15,16)17-5(13,14)1-4(10,11)12;2*1-2/h2H2,1H3;2H2,1H3;2*1H2;2*1H3. The van der Waals surface area contributed by atoms with E-state index in [1.54, 1.807) is 4.74 Å². The van der Waals surface area contributed by atoms with Gasteiger partial charge in [0, 0.05) is 6.42 Å². The first-order chi connectivity index (χ1) is 35.1. The molecule has 0 saturated carbocycles. The normalized spacial score (nSPS) is 14.3. The third-order valence-electron chi connectivity index (χ3n) is 6.79. The van der Waals surface area contributed by atoms with Crippen molar-refractivity contribution in [3.63, 3.8) is 0 Å². The van der Waals surface area contributed by atoms with Crippen molar-refractivity contribution in [3.05, 3.63) is 47.6 Å². The molecule has 0 fully saturated rings. The molecule has 0 aliphatic carbocycles. The Morgan fingerprint density at radius 1 is 0.309 bits per heavy atom. The van der Waals surface area contributed by atoms with Crippen molar-refractivity contribution >= 4 is 0 Å². The van der Waals surface area contributed by atoms with E-state index in [0.717, 1.165) is 0 Å². The molecule has 0 spiro atoms. The van der Waals surface area contributed by atoms with Crippen LogP contribution in [0.15, 0.2) is 47.6 Å². The molecule has 50 heteroatoms. The number of hydrogen-bond acceptors (Lipinski definition) is 4. The van der Waals surface area contributed by atoms with Gasteiger partial charge in [-0.2, -0.15) is 184 Å². The first-order valence-electron chi connectivity index (χ1n) is 17.5. The van der Waals surface area contributed by atoms with E-state index in [1.165, 1.54) is 0 Å². The topological polar surface area (TPSA) is 36.9 Å². The SMILES string of the molecule is CCC(F)(C(F)(F)F)C(F)(F)OC(F)(F)C(F)=C(F)F.CCC(F)(F)C(F)(F)C(F)(F)C(F)(F)OC(F)(F)C(F)=C(F)F.CF.CF.FC(F)=C(F)C(F)(F)OC(F)(F)CC(F)(F)F.FCC(F)(F)C(F)(F)OC(F)(F)C(F)=C(F)F. The third-order valence-corrected chi connectivity index (χ3v) is 6.79. The molecule has 0 aromatic rings. The number of halogens is 46. The molecule has 4 nitrogen and oxygen atoms in total. The summed E-state index contributed by atoms with van der Waals surface area (Å²) >= 11 is 0. The second-order valence-electron chi connectivity index (χ2n) is 12.4. The summed E-state index contributed by atoms with van der Waals surface area (Å²) < 4.78 is 561. The molecule has 0 amide bonds. The molecule has 0 aliphatic rings. The van der Waals surface area contributed by atoms with Crippen LogP contribution in [0.2, 0.25) is 0 Å². The molecule has 0 heterocycles. The van der Waals surface area contributed by atoms with E-state index in [4.69, 9.17) is 0 Å². The molecule has 0 aromatic carbocycles. The highest BCUT2D eigenvalue weighted by Gasteiger charge is 2.82. The van der Waals surface area contributed by atoms with Gasteiger partial charge in [-0.25, -0.2) is 27.7 Å². The molecule has 1 atom stereocenters. The Balaban J connectivity index is -0.000000228. The Morgan fingerprint density at radius 2 is 0.556 bits per heavy atom. The van der Waals surface area contributed by atoms with Crippen LogP contribution < -0.4 is 0 Å². The summed E-state index contributed by atoms with van der Waals surface area (Å²) in [6.07, 6.45) is -84.2. The van der Waals surface area contributed by atoms with E-state index < -0.39 is 164 Å². The molecule has 0 bridgehead atoms. The molecule has 0 saturated heterocycles. The van der Waals surface area contributed by atoms with Gasteiger partial charge in [0.05, 0.1) is 14.4 Å². The third kappa shape index (κ3) is 24.8. The molecular weight excluding hydrogens is 1310 g/mol. The molecule has 0 N–H and O–H groups in total. The predicted molar refractivity (Wildman–Crippen MR) is 166 cm³/mol. The Morgan fingerprint density at radius 3 is 0.765 bits per heavy atom. The maximum atomic E-state index is 13.1. The van der Waals surface area contributed by atoms with E-state index >= 15 is 0 Å². The lowest BCUT2D eigenvalue weighted by molar-refractivity contribution is -0.468. The second kappa shape index (κ2) is 30.4. The van der Waals surface area contributed by atoms with Crippen molar-refractivity contribution in [1.29, 1.82) is 0 Å². The summed E-state index contributed by atoms with van der Waals surface area (Å²) in [5.41, 5.74) is -5.61. The lowest BCUT2D eigenvalue weighted by Gasteiger charge is -2.36. The minimum atomic E-state index is -7.30. The fraction of sp³-hybridized carbons (Fsp3) is 0.742. The van der Waals surface area contributed by atoms with Crippen LogP contribution in [0.25, 0.3) is 0 Å². The van der Waals surface area contributed by atoms with Crippen LogP contribution in [0.3, 0.4) is 0 Å². The van der Waals surface area contributed by atoms with E-state index in [-0.39, 0.29) is 13.8 Å². The average molecular weight is 1330 g/mol. The Bertz CT molecular complexity index is 2010. The smallest absolute Gasteiger partial charge is 0.255 e. The van der Waals surface area contributed by atoms with Crippen molar-refractivity contribution in [2.75, 3.05) is 21.0 Å². The molecule has 0 radical (unpaired) electrons. The van der Waals surface area contributed by atoms with Crippen LogP contribution in [0.5, 0.6) is 0 Å². The Labute approximate surface area is 414 Å². The zero-order chi connectivity index (χ0) is 67.8. The minimum Gasteiger partial charge on any atom is -0.255 e. The Hall–Kier alpha value is -4.42. The van der Waals surface area contributed by atoms with Gasteiger partial charge in [-0.1, -0.05) is 13.8 Å². The molecular formula is C31H20F46O4. The first-order valence-corrected chi connectivity index (χ1v) is 17.5. The van der Waals surface area contributed by atoms with Crippen LogP contribution >= 0.6 is 0 Å². The second-order valence-corrected chi connectivity index (χ2v) is 12.4. The highest BCUT2D eigenvalue weighted by molar-refractivity contribution is 5.06. The largest absolute Gasteiger partial charge is 0.431 e. The van der Waals surface area contributed by atoms with Gasteiger partial charge < -0.3 is 0 Å². The van der Waals surface area contributed by atoms with Crippen LogP contribution in [0, 0.1) is 0 Å². The fourth-order valence-electron chi connectivity index (χ4n) is 3.06. The molecule has 0 rings (SSSR count). The van der Waals surface area contributed by atoms with E-state index in [1.807, 2.05) is 4.74 Å². The van der Waals surface area contributed by atoms with Crippen molar-refractivity contribution in [1.82, 2.24) is 0 Å². The zero-order valence-electron chi connectivity index (χ0n) is 37.3. The zero-order valence-corrected chi connectivity index (χ0v) is 37.3. The van der Waals surface area contributed by atoms with Crippen LogP contribution in [0.4, 0.5) is 202 Å². The van der Waals surface area contributed by atoms with E-state index in [9.17, 15) is 202 Å². The maximum Gasteiger partial charge on any atom is 0.431 e. The Kier molecular flexibility index (Phi) is 33.0. The number of ether oxygens (including phenoxy) is 4. The number of hydrogen-bond donors (Lipinski definition) is 0. The molecule has 1 unspecified atom stereocenters. The predicted octanol–water partition coefficient (Wildman–Crippen LogP) is 19.8. The van der Waals surface area contributed by atoms with Gasteiger partial charge in [0.2, 0.25) is 0 Å². The first kappa shape index (κ1) is 87.8. The van der Waals surface area contributed by atoms with Gasteiger partial charge >= 0.3 is 109 Å². The summed E-state index contributed by atoms with van der Waals surface area (Å²) in [6.45, 7) is -2.72. The van der Waals surface area contributed by atoms with Gasteiger partial charge in [0.25, 0.3) is 29.0 Å². The number of alkyl halides is 34.